The van der Waals surface area contributed by atoms with Crippen LogP contribution in [0.4, 0.5) is 13.2 Å². The lowest BCUT2D eigenvalue weighted by Crippen LogP contribution is -2.21. The van der Waals surface area contributed by atoms with Crippen molar-refractivity contribution >= 4 is 11.8 Å². The Bertz CT molecular complexity index is 800. The standard InChI is InChI=1S/C13H10F3N5OS/c14-13(15,16)11-18-19-12(21(11)17)23-7-9-6-10(22-20-9)8-4-2-1-3-5-8/h1-6H,7,17H2. The van der Waals surface area contributed by atoms with Crippen LogP contribution in [-0.4, -0.2) is 20.0 Å². The molecule has 10 heteroatoms. The molecule has 3 rings (SSSR count). The Morgan fingerprint density at radius 1 is 1.17 bits per heavy atom. The van der Waals surface area contributed by atoms with Gasteiger partial charge in [-0.3, -0.25) is 0 Å². The molecule has 0 unspecified atom stereocenters. The summed E-state index contributed by atoms with van der Waals surface area (Å²) in [6, 6.07) is 11.0. The largest absolute Gasteiger partial charge is 0.453 e. The highest BCUT2D eigenvalue weighted by molar-refractivity contribution is 7.98. The van der Waals surface area contributed by atoms with Gasteiger partial charge in [0.1, 0.15) is 0 Å². The molecule has 2 heterocycles. The molecule has 0 saturated heterocycles. The van der Waals surface area contributed by atoms with Gasteiger partial charge in [0.15, 0.2) is 5.76 Å². The number of nitrogen functional groups attached to an aromatic ring is 1. The maximum Gasteiger partial charge on any atom is 0.453 e. The maximum absolute atomic E-state index is 12.6. The van der Waals surface area contributed by atoms with Gasteiger partial charge < -0.3 is 10.4 Å². The molecule has 0 amide bonds. The molecule has 0 radical (unpaired) electrons. The molecule has 0 aliphatic heterocycles. The van der Waals surface area contributed by atoms with Crippen molar-refractivity contribution < 1.29 is 17.7 Å². The van der Waals surface area contributed by atoms with E-state index in [-0.39, 0.29) is 10.9 Å². The van der Waals surface area contributed by atoms with Gasteiger partial charge >= 0.3 is 6.18 Å². The molecule has 0 saturated carbocycles. The van der Waals surface area contributed by atoms with Crippen LogP contribution in [0.25, 0.3) is 11.3 Å². The van der Waals surface area contributed by atoms with E-state index in [4.69, 9.17) is 10.4 Å². The van der Waals surface area contributed by atoms with E-state index >= 15 is 0 Å². The predicted octanol–water partition coefficient (Wildman–Crippen LogP) is 2.96. The van der Waals surface area contributed by atoms with Gasteiger partial charge in [-0.25, -0.2) is 4.68 Å². The highest BCUT2D eigenvalue weighted by Crippen LogP contribution is 2.30. The Balaban J connectivity index is 1.70. The Hall–Kier alpha value is -2.49. The number of thioether (sulfide) groups is 1. The Morgan fingerprint density at radius 2 is 1.91 bits per heavy atom. The van der Waals surface area contributed by atoms with E-state index in [0.29, 0.717) is 16.1 Å². The fraction of sp³-hybridized carbons (Fsp3) is 0.154. The van der Waals surface area contributed by atoms with Crippen LogP contribution in [-0.2, 0) is 11.9 Å². The number of rotatable bonds is 4. The second-order valence-corrected chi connectivity index (χ2v) is 5.45. The van der Waals surface area contributed by atoms with Gasteiger partial charge in [0.25, 0.3) is 5.82 Å². The SMILES string of the molecule is Nn1c(SCc2cc(-c3ccccc3)on2)nnc1C(F)(F)F. The fourth-order valence-corrected chi connectivity index (χ4v) is 2.56. The van der Waals surface area contributed by atoms with Crippen LogP contribution in [0.15, 0.2) is 46.1 Å². The molecule has 2 aromatic heterocycles. The lowest BCUT2D eigenvalue weighted by molar-refractivity contribution is -0.146. The average molecular weight is 341 g/mol. The summed E-state index contributed by atoms with van der Waals surface area (Å²) in [5.41, 5.74) is 1.42. The van der Waals surface area contributed by atoms with Gasteiger partial charge in [-0.05, 0) is 0 Å². The van der Waals surface area contributed by atoms with Crippen molar-refractivity contribution in [3.8, 4) is 11.3 Å². The van der Waals surface area contributed by atoms with Crippen molar-refractivity contribution in [2.45, 2.75) is 17.1 Å². The first-order chi connectivity index (χ1) is 10.9. The molecule has 6 nitrogen and oxygen atoms in total. The maximum atomic E-state index is 12.6. The lowest BCUT2D eigenvalue weighted by atomic mass is 10.2. The van der Waals surface area contributed by atoms with Crippen LogP contribution in [0.3, 0.4) is 0 Å². The summed E-state index contributed by atoms with van der Waals surface area (Å²) >= 11 is 0.987. The summed E-state index contributed by atoms with van der Waals surface area (Å²) in [7, 11) is 0. The van der Waals surface area contributed by atoms with Gasteiger partial charge in [0, 0.05) is 17.4 Å². The molecule has 1 aromatic carbocycles. The average Bonchev–Trinajstić information content (AvgIpc) is 3.12. The van der Waals surface area contributed by atoms with Crippen molar-refractivity contribution in [1.29, 1.82) is 0 Å². The van der Waals surface area contributed by atoms with E-state index in [2.05, 4.69) is 15.4 Å². The summed E-state index contributed by atoms with van der Waals surface area (Å²) in [5.74, 6) is 4.94. The minimum atomic E-state index is -4.64. The number of nitrogens with two attached hydrogens (primary N) is 1. The van der Waals surface area contributed by atoms with Crippen LogP contribution < -0.4 is 5.84 Å². The van der Waals surface area contributed by atoms with E-state index in [1.807, 2.05) is 30.3 Å². The van der Waals surface area contributed by atoms with Crippen molar-refractivity contribution in [2.75, 3.05) is 5.84 Å². The Labute approximate surface area is 132 Å². The van der Waals surface area contributed by atoms with Crippen molar-refractivity contribution in [3.05, 3.63) is 47.9 Å². The van der Waals surface area contributed by atoms with Gasteiger partial charge in [0.05, 0.1) is 5.69 Å². The number of halogens is 3. The summed E-state index contributed by atoms with van der Waals surface area (Å²) in [6.07, 6.45) is -4.64. The zero-order chi connectivity index (χ0) is 16.4. The number of hydrogen-bond donors (Lipinski definition) is 1. The van der Waals surface area contributed by atoms with Gasteiger partial charge in [0.2, 0.25) is 5.16 Å². The summed E-state index contributed by atoms with van der Waals surface area (Å²) < 4.78 is 43.4. The van der Waals surface area contributed by atoms with Crippen LogP contribution in [0.5, 0.6) is 0 Å². The molecular formula is C13H10F3N5OS. The van der Waals surface area contributed by atoms with E-state index in [0.717, 1.165) is 17.3 Å². The van der Waals surface area contributed by atoms with Gasteiger partial charge in [-0.2, -0.15) is 13.2 Å². The molecule has 2 N–H and O–H groups in total. The number of benzene rings is 1. The topological polar surface area (TPSA) is 82.8 Å². The first-order valence-corrected chi connectivity index (χ1v) is 7.35. The summed E-state index contributed by atoms with van der Waals surface area (Å²) in [6.45, 7) is 0. The molecule has 0 aliphatic carbocycles. The highest BCUT2D eigenvalue weighted by Gasteiger charge is 2.38. The molecule has 0 spiro atoms. The second-order valence-electron chi connectivity index (χ2n) is 4.51. The second kappa shape index (κ2) is 5.95. The molecule has 0 aliphatic rings. The molecule has 0 fully saturated rings. The van der Waals surface area contributed by atoms with Gasteiger partial charge in [-0.15, -0.1) is 10.2 Å². The van der Waals surface area contributed by atoms with Gasteiger partial charge in [-0.1, -0.05) is 47.3 Å². The number of hydrogen-bond acceptors (Lipinski definition) is 6. The Morgan fingerprint density at radius 3 is 2.57 bits per heavy atom. The molecule has 23 heavy (non-hydrogen) atoms. The van der Waals surface area contributed by atoms with E-state index in [1.165, 1.54) is 0 Å². The van der Waals surface area contributed by atoms with E-state index in [1.54, 1.807) is 6.07 Å². The monoisotopic (exact) mass is 341 g/mol. The summed E-state index contributed by atoms with van der Waals surface area (Å²) in [4.78, 5) is 0. The minimum absolute atomic E-state index is 0.0541. The smallest absolute Gasteiger partial charge is 0.356 e. The fourth-order valence-electron chi connectivity index (χ4n) is 1.83. The molecule has 0 bridgehead atoms. The third kappa shape index (κ3) is 3.31. The zero-order valence-corrected chi connectivity index (χ0v) is 12.3. The normalized spacial score (nSPS) is 11.8. The van der Waals surface area contributed by atoms with Crippen molar-refractivity contribution in [2.24, 2.45) is 0 Å². The first-order valence-electron chi connectivity index (χ1n) is 6.36. The van der Waals surface area contributed by atoms with Crippen LogP contribution >= 0.6 is 11.8 Å². The third-order valence-electron chi connectivity index (χ3n) is 2.88. The molecule has 120 valence electrons. The van der Waals surface area contributed by atoms with E-state index < -0.39 is 12.0 Å². The highest BCUT2D eigenvalue weighted by atomic mass is 32.2. The quantitative estimate of drug-likeness (QED) is 0.580. The predicted molar refractivity (Wildman–Crippen MR) is 76.7 cm³/mol. The van der Waals surface area contributed by atoms with Crippen LogP contribution in [0.2, 0.25) is 0 Å². The number of alkyl halides is 3. The lowest BCUT2D eigenvalue weighted by Gasteiger charge is -2.05. The van der Waals surface area contributed by atoms with Crippen molar-refractivity contribution in [3.63, 3.8) is 0 Å². The number of aromatic nitrogens is 4. The van der Waals surface area contributed by atoms with E-state index in [9.17, 15) is 13.2 Å². The zero-order valence-electron chi connectivity index (χ0n) is 11.5. The molecular weight excluding hydrogens is 331 g/mol. The third-order valence-corrected chi connectivity index (χ3v) is 3.86. The first kappa shape index (κ1) is 15.4. The molecule has 0 atom stereocenters. The minimum Gasteiger partial charge on any atom is -0.356 e. The van der Waals surface area contributed by atoms with Crippen LogP contribution in [0, 0.1) is 0 Å². The molecule has 3 aromatic rings. The van der Waals surface area contributed by atoms with Crippen molar-refractivity contribution in [1.82, 2.24) is 20.0 Å². The van der Waals surface area contributed by atoms with Crippen LogP contribution in [0.1, 0.15) is 11.5 Å². The Kier molecular flexibility index (Phi) is 3.99. The number of nitrogens with zero attached hydrogens (tertiary/aromatic N) is 4. The summed E-state index contributed by atoms with van der Waals surface area (Å²) in [5, 5.41) is 10.3.